The Balaban J connectivity index is 1.78. The molecule has 0 aliphatic carbocycles. The monoisotopic (exact) mass is 353 g/mol. The van der Waals surface area contributed by atoms with Crippen molar-refractivity contribution in [2.24, 2.45) is 22.3 Å². The molecular formula is C17H23N9. The maximum atomic E-state index is 7.44. The number of nitrogen functional groups attached to an aromatic ring is 2. The first-order chi connectivity index (χ1) is 12.5. The topological polar surface area (TPSA) is 174 Å². The van der Waals surface area contributed by atoms with Crippen LogP contribution in [-0.4, -0.2) is 17.6 Å². The average molecular weight is 353 g/mol. The molecule has 0 radical (unpaired) electrons. The fraction of sp³-hybridized carbons (Fsp3) is 0.118. The van der Waals surface area contributed by atoms with Crippen LogP contribution in [0.4, 0.5) is 0 Å². The molecule has 0 amide bonds. The molecule has 0 aromatic heterocycles. The van der Waals surface area contributed by atoms with Gasteiger partial charge in [0, 0.05) is 17.7 Å². The van der Waals surface area contributed by atoms with E-state index in [2.05, 4.69) is 21.4 Å². The van der Waals surface area contributed by atoms with Gasteiger partial charge in [0.25, 0.3) is 0 Å². The van der Waals surface area contributed by atoms with Gasteiger partial charge in [-0.1, -0.05) is 36.4 Å². The number of hydrazone groups is 1. The molecule has 0 heterocycles. The molecule has 0 fully saturated rings. The average Bonchev–Trinajstić information content (AvgIpc) is 2.62. The number of nitrogens with zero attached hydrogens (tertiary/aromatic N) is 1. The maximum Gasteiger partial charge on any atom is 0.225 e. The zero-order valence-electron chi connectivity index (χ0n) is 14.2. The van der Waals surface area contributed by atoms with Gasteiger partial charge in [0.1, 0.15) is 11.7 Å². The summed E-state index contributed by atoms with van der Waals surface area (Å²) in [6, 6.07) is 14.7. The van der Waals surface area contributed by atoms with E-state index in [-0.39, 0.29) is 17.6 Å². The number of nitrogens with one attached hydrogen (secondary N) is 5. The summed E-state index contributed by atoms with van der Waals surface area (Å²) in [7, 11) is 0. The molecular weight excluding hydrogens is 330 g/mol. The molecule has 136 valence electrons. The van der Waals surface area contributed by atoms with E-state index in [9.17, 15) is 0 Å². The quantitative estimate of drug-likeness (QED) is 0.186. The van der Waals surface area contributed by atoms with Crippen LogP contribution in [0.3, 0.4) is 0 Å². The zero-order chi connectivity index (χ0) is 18.9. The third-order valence-electron chi connectivity index (χ3n) is 3.47. The molecule has 0 saturated heterocycles. The predicted octanol–water partition coefficient (Wildman–Crippen LogP) is -0.132. The van der Waals surface area contributed by atoms with Crippen molar-refractivity contribution in [1.82, 2.24) is 16.3 Å². The Kier molecular flexibility index (Phi) is 6.52. The molecule has 0 bridgehead atoms. The summed E-state index contributed by atoms with van der Waals surface area (Å²) < 4.78 is 0. The first-order valence-electron chi connectivity index (χ1n) is 7.87. The van der Waals surface area contributed by atoms with Crippen LogP contribution < -0.4 is 33.5 Å². The number of nitrogens with two attached hydrogens (primary N) is 3. The minimum atomic E-state index is 0.0228. The van der Waals surface area contributed by atoms with Gasteiger partial charge in [0.05, 0.1) is 6.54 Å². The van der Waals surface area contributed by atoms with Crippen LogP contribution in [0, 0.1) is 10.8 Å². The minimum absolute atomic E-state index is 0.0228. The summed E-state index contributed by atoms with van der Waals surface area (Å²) in [5.41, 5.74) is 28.5. The van der Waals surface area contributed by atoms with Gasteiger partial charge in [-0.25, -0.2) is 5.43 Å². The molecule has 0 aliphatic heterocycles. The van der Waals surface area contributed by atoms with Crippen molar-refractivity contribution in [3.8, 4) is 0 Å². The zero-order valence-corrected chi connectivity index (χ0v) is 14.2. The standard InChI is InChI=1S/C17H23N9/c18-15(19)13-5-1-3-11(7-13)9-23-25-17(22)26-24-10-12-4-2-6-14(8-12)16(20)21/h1-8,23-24H,9-10H2,(H3,18,19)(H3,20,21)(H3,22,25,26). The summed E-state index contributed by atoms with van der Waals surface area (Å²) >= 11 is 0. The molecule has 9 heteroatoms. The number of amidine groups is 2. The van der Waals surface area contributed by atoms with Crippen LogP contribution in [0.5, 0.6) is 0 Å². The van der Waals surface area contributed by atoms with E-state index < -0.39 is 0 Å². The van der Waals surface area contributed by atoms with Gasteiger partial charge in [-0.05, 0) is 23.3 Å². The summed E-state index contributed by atoms with van der Waals surface area (Å²) in [5, 5.41) is 18.9. The van der Waals surface area contributed by atoms with Crippen LogP contribution in [0.1, 0.15) is 22.3 Å². The fourth-order valence-electron chi connectivity index (χ4n) is 2.18. The Bertz CT molecular complexity index is 813. The van der Waals surface area contributed by atoms with Crippen LogP contribution in [0.25, 0.3) is 0 Å². The fourth-order valence-corrected chi connectivity index (χ4v) is 2.18. The second-order valence-electron chi connectivity index (χ2n) is 5.54. The third-order valence-corrected chi connectivity index (χ3v) is 3.47. The molecule has 11 N–H and O–H groups in total. The van der Waals surface area contributed by atoms with Crippen molar-refractivity contribution < 1.29 is 0 Å². The highest BCUT2D eigenvalue weighted by molar-refractivity contribution is 5.95. The second-order valence-corrected chi connectivity index (χ2v) is 5.54. The highest BCUT2D eigenvalue weighted by atomic mass is 15.5. The summed E-state index contributed by atoms with van der Waals surface area (Å²) in [4.78, 5) is 0. The minimum Gasteiger partial charge on any atom is -0.384 e. The predicted molar refractivity (Wildman–Crippen MR) is 103 cm³/mol. The molecule has 0 spiro atoms. The smallest absolute Gasteiger partial charge is 0.225 e. The normalized spacial score (nSPS) is 11.0. The van der Waals surface area contributed by atoms with Crippen molar-refractivity contribution in [2.75, 3.05) is 0 Å². The Morgan fingerprint density at radius 1 is 0.846 bits per heavy atom. The van der Waals surface area contributed by atoms with E-state index >= 15 is 0 Å². The number of rotatable bonds is 8. The molecule has 0 aliphatic rings. The largest absolute Gasteiger partial charge is 0.384 e. The molecule has 2 aromatic rings. The van der Waals surface area contributed by atoms with Gasteiger partial charge in [-0.2, -0.15) is 0 Å². The van der Waals surface area contributed by atoms with Crippen molar-refractivity contribution >= 4 is 17.6 Å². The Hall–Kier alpha value is -3.59. The lowest BCUT2D eigenvalue weighted by Gasteiger charge is -2.09. The SMILES string of the molecule is N=C(N)c1cccc(CN/N=C(\N)NNCc2cccc(C(=N)N)c2)c1. The molecule has 0 unspecified atom stereocenters. The molecule has 2 aromatic carbocycles. The van der Waals surface area contributed by atoms with Crippen molar-refractivity contribution in [2.45, 2.75) is 13.1 Å². The van der Waals surface area contributed by atoms with Gasteiger partial charge >= 0.3 is 0 Å². The van der Waals surface area contributed by atoms with Gasteiger partial charge in [0.15, 0.2) is 0 Å². The Morgan fingerprint density at radius 2 is 1.38 bits per heavy atom. The lowest BCUT2D eigenvalue weighted by atomic mass is 10.1. The van der Waals surface area contributed by atoms with Gasteiger partial charge < -0.3 is 22.6 Å². The van der Waals surface area contributed by atoms with Crippen LogP contribution >= 0.6 is 0 Å². The number of guanidine groups is 1. The van der Waals surface area contributed by atoms with E-state index in [0.717, 1.165) is 11.1 Å². The Labute approximate surface area is 151 Å². The molecule has 0 atom stereocenters. The molecule has 2 rings (SSSR count). The molecule has 0 saturated carbocycles. The van der Waals surface area contributed by atoms with Gasteiger partial charge in [-0.15, -0.1) is 5.10 Å². The third kappa shape index (κ3) is 5.80. The summed E-state index contributed by atoms with van der Waals surface area (Å²) in [5.74, 6) is 0.226. The van der Waals surface area contributed by atoms with E-state index in [0.29, 0.717) is 24.2 Å². The number of hydrogen-bond acceptors (Lipinski definition) is 5. The lowest BCUT2D eigenvalue weighted by molar-refractivity contribution is 0.635. The van der Waals surface area contributed by atoms with Crippen LogP contribution in [0.2, 0.25) is 0 Å². The van der Waals surface area contributed by atoms with Crippen LogP contribution in [0.15, 0.2) is 53.6 Å². The summed E-state index contributed by atoms with van der Waals surface area (Å²) in [6.07, 6.45) is 0. The van der Waals surface area contributed by atoms with Gasteiger partial charge in [0.2, 0.25) is 5.96 Å². The summed E-state index contributed by atoms with van der Waals surface area (Å²) in [6.45, 7) is 0.933. The molecule has 9 nitrogen and oxygen atoms in total. The molecule has 26 heavy (non-hydrogen) atoms. The number of hydrazine groups is 1. The highest BCUT2D eigenvalue weighted by Gasteiger charge is 2.00. The number of benzene rings is 2. The lowest BCUT2D eigenvalue weighted by Crippen LogP contribution is -2.42. The van der Waals surface area contributed by atoms with E-state index in [1.165, 1.54) is 0 Å². The van der Waals surface area contributed by atoms with E-state index in [1.54, 1.807) is 12.1 Å². The first-order valence-corrected chi connectivity index (χ1v) is 7.87. The maximum absolute atomic E-state index is 7.44. The second kappa shape index (κ2) is 9.04. The first kappa shape index (κ1) is 18.7. The Morgan fingerprint density at radius 3 is 1.92 bits per heavy atom. The van der Waals surface area contributed by atoms with Crippen molar-refractivity contribution in [3.05, 3.63) is 70.8 Å². The van der Waals surface area contributed by atoms with E-state index in [1.807, 2.05) is 36.4 Å². The van der Waals surface area contributed by atoms with Crippen molar-refractivity contribution in [1.29, 1.82) is 10.8 Å². The van der Waals surface area contributed by atoms with Crippen molar-refractivity contribution in [3.63, 3.8) is 0 Å². The van der Waals surface area contributed by atoms with E-state index in [4.69, 9.17) is 28.0 Å². The van der Waals surface area contributed by atoms with Gasteiger partial charge in [-0.3, -0.25) is 16.2 Å². The highest BCUT2D eigenvalue weighted by Crippen LogP contribution is 2.05. The van der Waals surface area contributed by atoms with Crippen LogP contribution in [-0.2, 0) is 13.1 Å². The number of hydrogen-bond donors (Lipinski definition) is 8.